The molecule has 1 aromatic heterocycles. The van der Waals surface area contributed by atoms with Crippen molar-refractivity contribution in [3.63, 3.8) is 0 Å². The van der Waals surface area contributed by atoms with E-state index in [-0.39, 0.29) is 18.0 Å². The number of rotatable bonds is 6. The Morgan fingerprint density at radius 2 is 1.79 bits per heavy atom. The third-order valence-electron chi connectivity index (χ3n) is 3.47. The van der Waals surface area contributed by atoms with Crippen molar-refractivity contribution in [1.82, 2.24) is 4.98 Å². The van der Waals surface area contributed by atoms with Gasteiger partial charge in [-0.3, -0.25) is 10.1 Å². The second kappa shape index (κ2) is 10.5. The molecule has 28 heavy (non-hydrogen) atoms. The molecule has 0 radical (unpaired) electrons. The van der Waals surface area contributed by atoms with Gasteiger partial charge < -0.3 is 9.47 Å². The minimum absolute atomic E-state index is 0.111. The van der Waals surface area contributed by atoms with Crippen LogP contribution in [0.1, 0.15) is 11.1 Å². The van der Waals surface area contributed by atoms with Crippen LogP contribution in [0, 0.1) is 17.0 Å². The van der Waals surface area contributed by atoms with Crippen LogP contribution < -0.4 is 9.47 Å². The summed E-state index contributed by atoms with van der Waals surface area (Å²) >= 11 is -0.750. The molecular weight excluding hydrogens is 384 g/mol. The van der Waals surface area contributed by atoms with Gasteiger partial charge in [-0.25, -0.2) is 4.98 Å². The molecule has 3 rings (SSSR count). The molecule has 8 nitrogen and oxygen atoms in total. The third-order valence-corrected chi connectivity index (χ3v) is 3.47. The van der Waals surface area contributed by atoms with E-state index in [2.05, 4.69) is 4.98 Å². The van der Waals surface area contributed by atoms with Crippen LogP contribution in [-0.4, -0.2) is 18.3 Å². The van der Waals surface area contributed by atoms with Gasteiger partial charge in [0.25, 0.3) is 0 Å². The molecule has 0 aliphatic rings. The van der Waals surface area contributed by atoms with E-state index in [1.54, 1.807) is 12.3 Å². The Balaban J connectivity index is 0.000000878. The van der Waals surface area contributed by atoms with Gasteiger partial charge in [-0.05, 0) is 24.1 Å². The van der Waals surface area contributed by atoms with Gasteiger partial charge in [0.15, 0.2) is 0 Å². The number of pyridine rings is 1. The summed E-state index contributed by atoms with van der Waals surface area (Å²) in [5.74, 6) is 0.983. The normalized spacial score (nSPS) is 9.61. The number of hydrogen-bond acceptors (Lipinski definition) is 7. The Hall–Kier alpha value is -3.59. The van der Waals surface area contributed by atoms with Crippen molar-refractivity contribution in [2.75, 3.05) is 0 Å². The molecule has 2 aromatic carbocycles. The molecule has 0 saturated carbocycles. The van der Waals surface area contributed by atoms with Gasteiger partial charge in [0, 0.05) is 24.4 Å². The molecule has 0 saturated heterocycles. The van der Waals surface area contributed by atoms with Gasteiger partial charge in [-0.1, -0.05) is 36.4 Å². The van der Waals surface area contributed by atoms with Crippen molar-refractivity contribution in [3.05, 3.63) is 88.1 Å². The summed E-state index contributed by atoms with van der Waals surface area (Å²) < 4.78 is 27.9. The predicted octanol–water partition coefficient (Wildman–Crippen LogP) is 4.00. The predicted molar refractivity (Wildman–Crippen MR) is 102 cm³/mol. The average molecular weight is 400 g/mol. The van der Waals surface area contributed by atoms with E-state index in [1.807, 2.05) is 43.3 Å². The van der Waals surface area contributed by atoms with Crippen molar-refractivity contribution >= 4 is 17.3 Å². The first-order valence-electron chi connectivity index (χ1n) is 8.01. The molecule has 0 atom stereocenters. The summed E-state index contributed by atoms with van der Waals surface area (Å²) in [5.41, 5.74) is 1.83. The van der Waals surface area contributed by atoms with E-state index in [0.717, 1.165) is 11.1 Å². The highest BCUT2D eigenvalue weighted by molar-refractivity contribution is 7.51. The van der Waals surface area contributed by atoms with Crippen molar-refractivity contribution in [1.29, 1.82) is 0 Å². The molecule has 144 valence electrons. The lowest BCUT2D eigenvalue weighted by atomic mass is 10.2. The van der Waals surface area contributed by atoms with Gasteiger partial charge in [0.05, 0.1) is 4.92 Å². The molecule has 0 aliphatic carbocycles. The van der Waals surface area contributed by atoms with Crippen LogP contribution in [0.25, 0.3) is 0 Å². The molecular formula is C19H16N2O6S. The second-order valence-electron chi connectivity index (χ2n) is 5.50. The van der Waals surface area contributed by atoms with Crippen LogP contribution in [0.5, 0.6) is 17.4 Å². The van der Waals surface area contributed by atoms with Gasteiger partial charge in [-0.15, -0.1) is 0 Å². The van der Waals surface area contributed by atoms with Crippen molar-refractivity contribution in [3.8, 4) is 17.4 Å². The van der Waals surface area contributed by atoms with Crippen LogP contribution >= 0.6 is 0 Å². The SMILES string of the molecule is Cc1ccc(Oc2ccc([N+](=O)[O-])c(OCc3ccccc3)c2)nc1.O=S=O. The lowest BCUT2D eigenvalue weighted by Gasteiger charge is -2.10. The monoisotopic (exact) mass is 400 g/mol. The number of ether oxygens (including phenoxy) is 2. The number of benzene rings is 2. The van der Waals surface area contributed by atoms with Crippen LogP contribution in [-0.2, 0) is 18.2 Å². The van der Waals surface area contributed by atoms with E-state index in [1.165, 1.54) is 18.2 Å². The number of hydrogen-bond donors (Lipinski definition) is 0. The number of aryl methyl sites for hydroxylation is 1. The van der Waals surface area contributed by atoms with Crippen LogP contribution in [0.4, 0.5) is 5.69 Å². The number of nitrogens with zero attached hydrogens (tertiary/aromatic N) is 2. The summed E-state index contributed by atoms with van der Waals surface area (Å²) in [6, 6.07) is 17.5. The van der Waals surface area contributed by atoms with Gasteiger partial charge in [0.2, 0.25) is 11.6 Å². The van der Waals surface area contributed by atoms with Gasteiger partial charge in [0.1, 0.15) is 12.4 Å². The minimum Gasteiger partial charge on any atom is -0.482 e. The molecule has 3 aromatic rings. The Bertz CT molecular complexity index is 958. The quantitative estimate of drug-likeness (QED) is 0.454. The number of aromatic nitrogens is 1. The topological polar surface area (TPSA) is 109 Å². The summed E-state index contributed by atoms with van der Waals surface area (Å²) in [4.78, 5) is 14.9. The molecule has 0 amide bonds. The minimum atomic E-state index is -0.750. The fraction of sp³-hybridized carbons (Fsp3) is 0.105. The first-order chi connectivity index (χ1) is 13.5. The average Bonchev–Trinajstić information content (AvgIpc) is 2.69. The number of nitro benzene ring substituents is 1. The molecule has 0 unspecified atom stereocenters. The zero-order chi connectivity index (χ0) is 20.4. The smallest absolute Gasteiger partial charge is 0.335 e. The summed E-state index contributed by atoms with van der Waals surface area (Å²) in [6.07, 6.45) is 1.69. The third kappa shape index (κ3) is 6.29. The molecule has 0 aliphatic heterocycles. The zero-order valence-electron chi connectivity index (χ0n) is 14.8. The lowest BCUT2D eigenvalue weighted by Crippen LogP contribution is -1.99. The largest absolute Gasteiger partial charge is 0.482 e. The second-order valence-corrected chi connectivity index (χ2v) is 5.64. The van der Waals surface area contributed by atoms with Gasteiger partial charge in [-0.2, -0.15) is 8.42 Å². The Morgan fingerprint density at radius 3 is 2.39 bits per heavy atom. The Morgan fingerprint density at radius 1 is 1.07 bits per heavy atom. The van der Waals surface area contributed by atoms with E-state index in [4.69, 9.17) is 17.9 Å². The molecule has 9 heteroatoms. The molecule has 1 heterocycles. The van der Waals surface area contributed by atoms with Crippen LogP contribution in [0.15, 0.2) is 66.9 Å². The van der Waals surface area contributed by atoms with E-state index in [0.29, 0.717) is 11.6 Å². The van der Waals surface area contributed by atoms with Crippen LogP contribution in [0.2, 0.25) is 0 Å². The first-order valence-corrected chi connectivity index (χ1v) is 8.67. The maximum atomic E-state index is 11.2. The zero-order valence-corrected chi connectivity index (χ0v) is 15.6. The van der Waals surface area contributed by atoms with Crippen molar-refractivity contribution in [2.24, 2.45) is 0 Å². The van der Waals surface area contributed by atoms with E-state index in [9.17, 15) is 10.1 Å². The molecule has 0 N–H and O–H groups in total. The highest BCUT2D eigenvalue weighted by Crippen LogP contribution is 2.33. The van der Waals surface area contributed by atoms with Crippen molar-refractivity contribution in [2.45, 2.75) is 13.5 Å². The van der Waals surface area contributed by atoms with Crippen LogP contribution in [0.3, 0.4) is 0 Å². The maximum Gasteiger partial charge on any atom is 0.335 e. The maximum absolute atomic E-state index is 11.2. The van der Waals surface area contributed by atoms with E-state index < -0.39 is 16.5 Å². The first kappa shape index (κ1) is 20.7. The van der Waals surface area contributed by atoms with Gasteiger partial charge >= 0.3 is 17.3 Å². The highest BCUT2D eigenvalue weighted by atomic mass is 32.1. The fourth-order valence-electron chi connectivity index (χ4n) is 2.20. The number of nitro groups is 1. The molecule has 0 fully saturated rings. The lowest BCUT2D eigenvalue weighted by molar-refractivity contribution is -0.386. The standard InChI is InChI=1S/C19H16N2O4.O2S/c1-14-7-10-19(20-12-14)25-16-8-9-17(21(22)23)18(11-16)24-13-15-5-3-2-4-6-15;1-3-2/h2-12H,13H2,1H3;. The Kier molecular flexibility index (Phi) is 7.79. The molecule has 0 spiro atoms. The summed E-state index contributed by atoms with van der Waals surface area (Å²) in [7, 11) is 0. The molecule has 0 bridgehead atoms. The van der Waals surface area contributed by atoms with Crippen molar-refractivity contribution < 1.29 is 22.8 Å². The highest BCUT2D eigenvalue weighted by Gasteiger charge is 2.17. The fourth-order valence-corrected chi connectivity index (χ4v) is 2.20. The van der Waals surface area contributed by atoms with E-state index >= 15 is 0 Å². The summed E-state index contributed by atoms with van der Waals surface area (Å²) in [6.45, 7) is 2.16. The summed E-state index contributed by atoms with van der Waals surface area (Å²) in [5, 5.41) is 11.2. The Labute approximate surface area is 164 Å².